The topological polar surface area (TPSA) is 71.1 Å². The van der Waals surface area contributed by atoms with Crippen molar-refractivity contribution in [2.24, 2.45) is 0 Å². The summed E-state index contributed by atoms with van der Waals surface area (Å²) < 4.78 is 24.6. The highest BCUT2D eigenvalue weighted by Gasteiger charge is 2.29. The van der Waals surface area contributed by atoms with Gasteiger partial charge >= 0.3 is 12.3 Å². The van der Waals surface area contributed by atoms with E-state index >= 15 is 0 Å². The lowest BCUT2D eigenvalue weighted by Gasteiger charge is -2.28. The maximum atomic E-state index is 12.8. The third-order valence-electron chi connectivity index (χ3n) is 7.39. The summed E-state index contributed by atoms with van der Waals surface area (Å²) >= 11 is 14.3. The fourth-order valence-corrected chi connectivity index (χ4v) is 7.93. The van der Waals surface area contributed by atoms with Gasteiger partial charge in [0, 0.05) is 5.41 Å². The number of rotatable bonds is 6. The summed E-state index contributed by atoms with van der Waals surface area (Å²) in [6.07, 6.45) is -1.68. The number of halogens is 4. The molecule has 0 fully saturated rings. The number of benzene rings is 4. The summed E-state index contributed by atoms with van der Waals surface area (Å²) in [4.78, 5) is 25.5. The molecule has 0 aliphatic heterocycles. The van der Waals surface area contributed by atoms with Crippen LogP contribution in [0.5, 0.6) is 23.0 Å². The SMILES string of the molecule is Cc1cc(C)c(OC(=O)Oc2c(Br)cc(C(C)(C)c3cc(Br)c(OC(=O)Oc4c(C)cc(C)cc4C)c(Br)c3)cc2Br)c(C)c1. The summed E-state index contributed by atoms with van der Waals surface area (Å²) in [6.45, 7) is 15.7. The second kappa shape index (κ2) is 14.0. The van der Waals surface area contributed by atoms with Gasteiger partial charge in [-0.15, -0.1) is 0 Å². The van der Waals surface area contributed by atoms with Gasteiger partial charge in [0.25, 0.3) is 0 Å². The lowest BCUT2D eigenvalue weighted by atomic mass is 9.78. The number of carbonyl (C=O) groups excluding carboxylic acids is 2. The molecule has 0 N–H and O–H groups in total. The molecule has 0 spiro atoms. The van der Waals surface area contributed by atoms with Crippen LogP contribution >= 0.6 is 63.7 Å². The molecule has 0 heterocycles. The molecule has 0 aliphatic rings. The monoisotopic (exact) mass is 864 g/mol. The van der Waals surface area contributed by atoms with E-state index in [0.717, 1.165) is 44.5 Å². The van der Waals surface area contributed by atoms with Crippen LogP contribution in [-0.2, 0) is 5.41 Å². The summed E-state index contributed by atoms with van der Waals surface area (Å²) in [5.41, 5.74) is 6.88. The van der Waals surface area contributed by atoms with Gasteiger partial charge in [-0.1, -0.05) is 49.2 Å². The first-order chi connectivity index (χ1) is 21.0. The summed E-state index contributed by atoms with van der Waals surface area (Å²) in [7, 11) is 0. The van der Waals surface area contributed by atoms with E-state index in [1.54, 1.807) is 0 Å². The van der Waals surface area contributed by atoms with Crippen LogP contribution in [0.3, 0.4) is 0 Å². The van der Waals surface area contributed by atoms with Crippen LogP contribution in [0.4, 0.5) is 9.59 Å². The van der Waals surface area contributed by atoms with Crippen LogP contribution in [0, 0.1) is 41.5 Å². The molecule has 6 nitrogen and oxygen atoms in total. The van der Waals surface area contributed by atoms with Crippen molar-refractivity contribution in [1.82, 2.24) is 0 Å². The van der Waals surface area contributed by atoms with Crippen molar-refractivity contribution in [3.63, 3.8) is 0 Å². The molecule has 4 aromatic rings. The van der Waals surface area contributed by atoms with Gasteiger partial charge in [0.05, 0.1) is 17.9 Å². The first-order valence-electron chi connectivity index (χ1n) is 13.9. The molecule has 45 heavy (non-hydrogen) atoms. The highest BCUT2D eigenvalue weighted by atomic mass is 79.9. The average Bonchev–Trinajstić information content (AvgIpc) is 2.92. The van der Waals surface area contributed by atoms with Gasteiger partial charge in [-0.3, -0.25) is 0 Å². The molecule has 0 saturated heterocycles. The van der Waals surface area contributed by atoms with Gasteiger partial charge in [0.15, 0.2) is 11.5 Å². The predicted octanol–water partition coefficient (Wildman–Crippen LogP) is 12.1. The number of aryl methyl sites for hydroxylation is 6. The molecule has 0 aromatic heterocycles. The van der Waals surface area contributed by atoms with E-state index in [2.05, 4.69) is 77.6 Å². The van der Waals surface area contributed by atoms with Gasteiger partial charge < -0.3 is 18.9 Å². The Kier molecular flexibility index (Phi) is 10.9. The molecule has 0 radical (unpaired) electrons. The summed E-state index contributed by atoms with van der Waals surface area (Å²) in [5.74, 6) is 1.55. The Balaban J connectivity index is 1.54. The Hall–Kier alpha value is -2.66. The van der Waals surface area contributed by atoms with Gasteiger partial charge in [-0.05, 0) is 163 Å². The smallest absolute Gasteiger partial charge is 0.394 e. The predicted molar refractivity (Wildman–Crippen MR) is 190 cm³/mol. The fraction of sp³-hybridized carbons (Fsp3) is 0.257. The lowest BCUT2D eigenvalue weighted by Crippen LogP contribution is -2.21. The summed E-state index contributed by atoms with van der Waals surface area (Å²) in [6, 6.07) is 15.4. The Labute approximate surface area is 297 Å². The molecule has 0 atom stereocenters. The molecule has 4 rings (SSSR count). The van der Waals surface area contributed by atoms with Gasteiger partial charge in [-0.25, -0.2) is 9.59 Å². The van der Waals surface area contributed by atoms with Gasteiger partial charge in [0.2, 0.25) is 0 Å². The zero-order valence-corrected chi connectivity index (χ0v) is 32.4. The minimum absolute atomic E-state index is 0.297. The highest BCUT2D eigenvalue weighted by molar-refractivity contribution is 9.11. The maximum Gasteiger partial charge on any atom is 0.519 e. The lowest BCUT2D eigenvalue weighted by molar-refractivity contribution is 0.149. The minimum Gasteiger partial charge on any atom is -0.394 e. The van der Waals surface area contributed by atoms with Gasteiger partial charge in [0.1, 0.15) is 11.5 Å². The van der Waals surface area contributed by atoms with Crippen molar-refractivity contribution >= 4 is 76.0 Å². The van der Waals surface area contributed by atoms with Crippen molar-refractivity contribution in [3.05, 3.63) is 111 Å². The first kappa shape index (κ1) is 35.2. The quantitative estimate of drug-likeness (QED) is 0.142. The molecule has 0 amide bonds. The van der Waals surface area contributed by atoms with Crippen LogP contribution in [0.2, 0.25) is 0 Å². The van der Waals surface area contributed by atoms with Crippen molar-refractivity contribution in [1.29, 1.82) is 0 Å². The zero-order chi connectivity index (χ0) is 33.4. The fourth-order valence-electron chi connectivity index (χ4n) is 5.23. The Morgan fingerprint density at radius 3 is 0.978 bits per heavy atom. The molecule has 236 valence electrons. The molecule has 0 unspecified atom stereocenters. The van der Waals surface area contributed by atoms with Crippen molar-refractivity contribution < 1.29 is 28.5 Å². The summed E-state index contributed by atoms with van der Waals surface area (Å²) in [5, 5.41) is 0. The van der Waals surface area contributed by atoms with E-state index in [1.807, 2.05) is 90.1 Å². The van der Waals surface area contributed by atoms with Crippen LogP contribution in [-0.4, -0.2) is 12.3 Å². The number of ether oxygens (including phenoxy) is 4. The van der Waals surface area contributed by atoms with Gasteiger partial charge in [-0.2, -0.15) is 0 Å². The van der Waals surface area contributed by atoms with Crippen molar-refractivity contribution in [3.8, 4) is 23.0 Å². The van der Waals surface area contributed by atoms with E-state index in [0.29, 0.717) is 40.9 Å². The standard InChI is InChI=1S/C35H32Br4O6/c1-17-9-19(3)29(20(4)10-17)42-33(40)44-31-25(36)13-23(14-26(31)37)35(7,8)24-15-27(38)32(28(39)16-24)45-34(41)43-30-21(5)11-18(2)12-22(30)6/h9-16H,1-8H3. The second-order valence-electron chi connectivity index (χ2n) is 11.5. The van der Waals surface area contributed by atoms with E-state index in [4.69, 9.17) is 18.9 Å². The second-order valence-corrected chi connectivity index (χ2v) is 14.9. The van der Waals surface area contributed by atoms with Crippen molar-refractivity contribution in [2.75, 3.05) is 0 Å². The van der Waals surface area contributed by atoms with Crippen LogP contribution in [0.15, 0.2) is 66.4 Å². The molecule has 10 heteroatoms. The average molecular weight is 868 g/mol. The van der Waals surface area contributed by atoms with E-state index in [1.165, 1.54) is 0 Å². The molecule has 4 aromatic carbocycles. The number of hydrogen-bond acceptors (Lipinski definition) is 6. The molecule has 0 aliphatic carbocycles. The zero-order valence-electron chi connectivity index (χ0n) is 26.1. The van der Waals surface area contributed by atoms with Crippen LogP contribution in [0.25, 0.3) is 0 Å². The molecule has 0 bridgehead atoms. The van der Waals surface area contributed by atoms with Crippen LogP contribution < -0.4 is 18.9 Å². The third-order valence-corrected chi connectivity index (χ3v) is 9.75. The largest absolute Gasteiger partial charge is 0.519 e. The maximum absolute atomic E-state index is 12.8. The third kappa shape index (κ3) is 8.02. The Bertz CT molecular complexity index is 1610. The molecular weight excluding hydrogens is 836 g/mol. The van der Waals surface area contributed by atoms with E-state index < -0.39 is 17.7 Å². The van der Waals surface area contributed by atoms with E-state index in [9.17, 15) is 9.59 Å². The Morgan fingerprint density at radius 1 is 0.467 bits per heavy atom. The molecule has 0 saturated carbocycles. The number of carbonyl (C=O) groups is 2. The number of hydrogen-bond donors (Lipinski definition) is 0. The van der Waals surface area contributed by atoms with Crippen LogP contribution in [0.1, 0.15) is 58.4 Å². The normalized spacial score (nSPS) is 11.3. The molecular formula is C35H32Br4O6. The van der Waals surface area contributed by atoms with Crippen molar-refractivity contribution in [2.45, 2.75) is 60.8 Å². The Morgan fingerprint density at radius 2 is 0.711 bits per heavy atom. The highest BCUT2D eigenvalue weighted by Crippen LogP contribution is 2.44. The first-order valence-corrected chi connectivity index (χ1v) is 17.1. The minimum atomic E-state index is -0.840. The van der Waals surface area contributed by atoms with E-state index in [-0.39, 0.29) is 0 Å².